The predicted octanol–water partition coefficient (Wildman–Crippen LogP) is 2.30. The van der Waals surface area contributed by atoms with Crippen LogP contribution < -0.4 is 15.8 Å². The van der Waals surface area contributed by atoms with E-state index in [1.54, 1.807) is 0 Å². The maximum absolute atomic E-state index is 5.67. The Morgan fingerprint density at radius 1 is 1.39 bits per heavy atom. The van der Waals surface area contributed by atoms with E-state index in [2.05, 4.69) is 10.3 Å². The van der Waals surface area contributed by atoms with Crippen LogP contribution in [0.1, 0.15) is 19.4 Å². The number of para-hydroxylation sites is 1. The van der Waals surface area contributed by atoms with E-state index in [-0.39, 0.29) is 24.0 Å². The molecule has 0 unspecified atom stereocenters. The molecule has 0 aliphatic carbocycles. The molecule has 0 amide bonds. The molecule has 102 valence electrons. The molecule has 0 atom stereocenters. The molecule has 1 aromatic rings. The molecule has 5 heteroatoms. The molecule has 1 rings (SSSR count). The van der Waals surface area contributed by atoms with Crippen molar-refractivity contribution in [2.75, 3.05) is 13.2 Å². The highest BCUT2D eigenvalue weighted by atomic mass is 127. The van der Waals surface area contributed by atoms with E-state index in [1.807, 2.05) is 45.0 Å². The van der Waals surface area contributed by atoms with Gasteiger partial charge in [-0.15, -0.1) is 24.0 Å². The Labute approximate surface area is 126 Å². The normalized spacial score (nSPS) is 11.0. The van der Waals surface area contributed by atoms with Gasteiger partial charge in [-0.05, 0) is 32.4 Å². The largest absolute Gasteiger partial charge is 0.491 e. The Bertz CT molecular complexity index is 380. The molecule has 3 N–H and O–H groups in total. The minimum Gasteiger partial charge on any atom is -0.491 e. The van der Waals surface area contributed by atoms with Crippen molar-refractivity contribution >= 4 is 29.9 Å². The third-order valence-corrected chi connectivity index (χ3v) is 2.16. The minimum atomic E-state index is 0. The van der Waals surface area contributed by atoms with Crippen LogP contribution in [0.25, 0.3) is 0 Å². The van der Waals surface area contributed by atoms with Gasteiger partial charge in [-0.25, -0.2) is 4.99 Å². The van der Waals surface area contributed by atoms with E-state index in [9.17, 15) is 0 Å². The summed E-state index contributed by atoms with van der Waals surface area (Å²) < 4.78 is 5.60. The van der Waals surface area contributed by atoms with E-state index in [1.165, 1.54) is 0 Å². The molecule has 0 radical (unpaired) electrons. The van der Waals surface area contributed by atoms with Gasteiger partial charge < -0.3 is 15.8 Å². The molecule has 0 saturated carbocycles. The Balaban J connectivity index is 0.00000289. The number of halogens is 1. The molecule has 0 aliphatic rings. The first-order valence-electron chi connectivity index (χ1n) is 5.84. The van der Waals surface area contributed by atoms with Gasteiger partial charge in [0.25, 0.3) is 0 Å². The highest BCUT2D eigenvalue weighted by Gasteiger charge is 1.97. The SMILES string of the molecule is Cc1ccccc1OCCN=C(N)NC(C)C.I. The third kappa shape index (κ3) is 6.68. The fourth-order valence-corrected chi connectivity index (χ4v) is 1.38. The van der Waals surface area contributed by atoms with Crippen molar-refractivity contribution in [1.29, 1.82) is 0 Å². The number of benzene rings is 1. The molecular weight excluding hydrogens is 341 g/mol. The second-order valence-corrected chi connectivity index (χ2v) is 4.18. The first kappa shape index (κ1) is 17.0. The summed E-state index contributed by atoms with van der Waals surface area (Å²) in [6.07, 6.45) is 0. The molecular formula is C13H22IN3O. The average Bonchev–Trinajstić information content (AvgIpc) is 2.25. The smallest absolute Gasteiger partial charge is 0.188 e. The van der Waals surface area contributed by atoms with Crippen LogP contribution in [0.15, 0.2) is 29.3 Å². The maximum Gasteiger partial charge on any atom is 0.188 e. The molecule has 1 aromatic carbocycles. The molecule has 0 heterocycles. The number of nitrogens with one attached hydrogen (secondary N) is 1. The van der Waals surface area contributed by atoms with E-state index in [4.69, 9.17) is 10.5 Å². The Kier molecular flexibility index (Phi) is 8.53. The number of aryl methyl sites for hydroxylation is 1. The number of ether oxygens (including phenoxy) is 1. The molecule has 18 heavy (non-hydrogen) atoms. The van der Waals surface area contributed by atoms with Crippen LogP contribution in [-0.4, -0.2) is 25.2 Å². The lowest BCUT2D eigenvalue weighted by molar-refractivity contribution is 0.326. The molecule has 0 saturated heterocycles. The van der Waals surface area contributed by atoms with Crippen molar-refractivity contribution in [3.8, 4) is 5.75 Å². The van der Waals surface area contributed by atoms with E-state index >= 15 is 0 Å². The fourth-order valence-electron chi connectivity index (χ4n) is 1.38. The highest BCUT2D eigenvalue weighted by molar-refractivity contribution is 14.0. The van der Waals surface area contributed by atoms with E-state index in [0.717, 1.165) is 11.3 Å². The summed E-state index contributed by atoms with van der Waals surface area (Å²) in [4.78, 5) is 4.17. The zero-order valence-electron chi connectivity index (χ0n) is 11.1. The quantitative estimate of drug-likeness (QED) is 0.365. The van der Waals surface area contributed by atoms with Gasteiger partial charge in [0.1, 0.15) is 12.4 Å². The zero-order valence-corrected chi connectivity index (χ0v) is 13.5. The second kappa shape index (κ2) is 9.02. The van der Waals surface area contributed by atoms with Crippen LogP contribution in [0.2, 0.25) is 0 Å². The van der Waals surface area contributed by atoms with Crippen LogP contribution in [0, 0.1) is 6.92 Å². The van der Waals surface area contributed by atoms with Crippen LogP contribution >= 0.6 is 24.0 Å². The lowest BCUT2D eigenvalue weighted by Gasteiger charge is -2.09. The van der Waals surface area contributed by atoms with Gasteiger partial charge in [0.15, 0.2) is 5.96 Å². The number of hydrogen-bond donors (Lipinski definition) is 2. The van der Waals surface area contributed by atoms with Gasteiger partial charge in [0.2, 0.25) is 0 Å². The summed E-state index contributed by atoms with van der Waals surface area (Å²) >= 11 is 0. The van der Waals surface area contributed by atoms with Gasteiger partial charge in [0, 0.05) is 6.04 Å². The summed E-state index contributed by atoms with van der Waals surface area (Å²) in [5, 5.41) is 3.02. The van der Waals surface area contributed by atoms with Gasteiger partial charge in [-0.1, -0.05) is 18.2 Å². The zero-order chi connectivity index (χ0) is 12.7. The van der Waals surface area contributed by atoms with Gasteiger partial charge in [0.05, 0.1) is 6.54 Å². The Hall–Kier alpha value is -0.980. The van der Waals surface area contributed by atoms with Gasteiger partial charge in [-0.2, -0.15) is 0 Å². The van der Waals surface area contributed by atoms with Crippen molar-refractivity contribution in [1.82, 2.24) is 5.32 Å². The molecule has 0 aromatic heterocycles. The lowest BCUT2D eigenvalue weighted by atomic mass is 10.2. The summed E-state index contributed by atoms with van der Waals surface area (Å²) in [7, 11) is 0. The van der Waals surface area contributed by atoms with Crippen LogP contribution in [0.5, 0.6) is 5.75 Å². The Morgan fingerprint density at radius 3 is 2.67 bits per heavy atom. The van der Waals surface area contributed by atoms with Crippen LogP contribution in [0.4, 0.5) is 0 Å². The summed E-state index contributed by atoms with van der Waals surface area (Å²) in [5.74, 6) is 1.37. The predicted molar refractivity (Wildman–Crippen MR) is 86.9 cm³/mol. The monoisotopic (exact) mass is 363 g/mol. The van der Waals surface area contributed by atoms with Crippen LogP contribution in [-0.2, 0) is 0 Å². The molecule has 0 aliphatic heterocycles. The topological polar surface area (TPSA) is 59.6 Å². The molecule has 0 spiro atoms. The number of nitrogens with zero attached hydrogens (tertiary/aromatic N) is 1. The molecule has 0 bridgehead atoms. The number of nitrogens with two attached hydrogens (primary N) is 1. The van der Waals surface area contributed by atoms with Crippen LogP contribution in [0.3, 0.4) is 0 Å². The number of hydrogen-bond acceptors (Lipinski definition) is 2. The summed E-state index contributed by atoms with van der Waals surface area (Å²) in [6, 6.07) is 8.23. The standard InChI is InChI=1S/C13H21N3O.HI/c1-10(2)16-13(14)15-8-9-17-12-7-5-4-6-11(12)3;/h4-7,10H,8-9H2,1-3H3,(H3,14,15,16);1H. The lowest BCUT2D eigenvalue weighted by Crippen LogP contribution is -2.37. The number of rotatable bonds is 5. The van der Waals surface area contributed by atoms with Crippen molar-refractivity contribution in [3.63, 3.8) is 0 Å². The average molecular weight is 363 g/mol. The summed E-state index contributed by atoms with van der Waals surface area (Å²) in [6.45, 7) is 7.15. The van der Waals surface area contributed by atoms with E-state index in [0.29, 0.717) is 25.2 Å². The third-order valence-electron chi connectivity index (χ3n) is 2.16. The number of aliphatic imine (C=N–C) groups is 1. The highest BCUT2D eigenvalue weighted by Crippen LogP contribution is 2.15. The van der Waals surface area contributed by atoms with E-state index < -0.39 is 0 Å². The van der Waals surface area contributed by atoms with Crippen molar-refractivity contribution in [3.05, 3.63) is 29.8 Å². The second-order valence-electron chi connectivity index (χ2n) is 4.18. The maximum atomic E-state index is 5.67. The van der Waals surface area contributed by atoms with Crippen molar-refractivity contribution in [2.45, 2.75) is 26.8 Å². The first-order valence-corrected chi connectivity index (χ1v) is 5.84. The molecule has 4 nitrogen and oxygen atoms in total. The summed E-state index contributed by atoms with van der Waals surface area (Å²) in [5.41, 5.74) is 6.80. The van der Waals surface area contributed by atoms with Gasteiger partial charge in [-0.3, -0.25) is 0 Å². The Morgan fingerprint density at radius 2 is 2.06 bits per heavy atom. The molecule has 0 fully saturated rings. The minimum absolute atomic E-state index is 0. The van der Waals surface area contributed by atoms with Crippen molar-refractivity contribution in [2.24, 2.45) is 10.7 Å². The van der Waals surface area contributed by atoms with Crippen molar-refractivity contribution < 1.29 is 4.74 Å². The number of guanidine groups is 1. The fraction of sp³-hybridized carbons (Fsp3) is 0.462. The van der Waals surface area contributed by atoms with Gasteiger partial charge >= 0.3 is 0 Å². The first-order chi connectivity index (χ1) is 8.09.